The Morgan fingerprint density at radius 2 is 2.00 bits per heavy atom. The maximum absolute atomic E-state index is 12.6. The molecule has 3 rings (SSSR count). The Bertz CT molecular complexity index is 787. The van der Waals surface area contributed by atoms with Crippen LogP contribution in [0, 0.1) is 0 Å². The Labute approximate surface area is 133 Å². The lowest BCUT2D eigenvalue weighted by molar-refractivity contribution is 0.0733. The molecule has 2 aromatic heterocycles. The minimum Gasteiger partial charge on any atom is -0.332 e. The zero-order valence-corrected chi connectivity index (χ0v) is 12.9. The number of hydrogen-bond donors (Lipinski definition) is 0. The summed E-state index contributed by atoms with van der Waals surface area (Å²) < 4.78 is 1.58. The molecule has 0 radical (unpaired) electrons. The van der Waals surface area contributed by atoms with Gasteiger partial charge in [0.25, 0.3) is 5.91 Å². The lowest BCUT2D eigenvalue weighted by atomic mass is 10.2. The highest BCUT2D eigenvalue weighted by atomic mass is 16.2. The summed E-state index contributed by atoms with van der Waals surface area (Å²) in [4.78, 5) is 22.2. The highest BCUT2D eigenvalue weighted by Gasteiger charge is 2.22. The second kappa shape index (κ2) is 6.35. The molecule has 2 heterocycles. The van der Waals surface area contributed by atoms with Crippen molar-refractivity contribution >= 4 is 5.91 Å². The van der Waals surface area contributed by atoms with Crippen LogP contribution in [0.15, 0.2) is 55.1 Å². The number of carbonyl (C=O) groups is 1. The maximum Gasteiger partial charge on any atom is 0.276 e. The zero-order valence-electron chi connectivity index (χ0n) is 12.9. The van der Waals surface area contributed by atoms with Crippen LogP contribution in [0.3, 0.4) is 0 Å². The van der Waals surface area contributed by atoms with Gasteiger partial charge >= 0.3 is 0 Å². The van der Waals surface area contributed by atoms with E-state index < -0.39 is 0 Å². The molecular formula is C16H16N6O. The third kappa shape index (κ3) is 3.08. The van der Waals surface area contributed by atoms with Crippen molar-refractivity contribution in [3.63, 3.8) is 0 Å². The lowest BCUT2D eigenvalue weighted by Gasteiger charge is -2.23. The van der Waals surface area contributed by atoms with Gasteiger partial charge < -0.3 is 4.90 Å². The number of para-hydroxylation sites is 1. The van der Waals surface area contributed by atoms with Gasteiger partial charge in [0.2, 0.25) is 0 Å². The minimum atomic E-state index is -0.210. The van der Waals surface area contributed by atoms with Gasteiger partial charge in [-0.15, -0.1) is 5.10 Å². The van der Waals surface area contributed by atoms with E-state index >= 15 is 0 Å². The van der Waals surface area contributed by atoms with Crippen LogP contribution in [0.1, 0.15) is 29.1 Å². The molecule has 0 N–H and O–H groups in total. The van der Waals surface area contributed by atoms with E-state index in [4.69, 9.17) is 0 Å². The van der Waals surface area contributed by atoms with Gasteiger partial charge in [0.1, 0.15) is 6.33 Å². The van der Waals surface area contributed by atoms with Crippen LogP contribution >= 0.6 is 0 Å². The second-order valence-corrected chi connectivity index (χ2v) is 5.11. The quantitative estimate of drug-likeness (QED) is 0.735. The standard InChI is InChI=1S/C16H16N6O/c1-12(14-8-9-17-11-18-14)21(2)16(23)15-10-22(20-19-15)13-6-4-3-5-7-13/h3-12H,1-2H3/t12-/m1/s1. The summed E-state index contributed by atoms with van der Waals surface area (Å²) in [5, 5.41) is 7.99. The van der Waals surface area contributed by atoms with Crippen molar-refractivity contribution in [2.24, 2.45) is 0 Å². The van der Waals surface area contributed by atoms with Gasteiger partial charge in [0.05, 0.1) is 23.6 Å². The second-order valence-electron chi connectivity index (χ2n) is 5.11. The van der Waals surface area contributed by atoms with Crippen LogP contribution in [0.5, 0.6) is 0 Å². The molecule has 0 bridgehead atoms. The zero-order chi connectivity index (χ0) is 16.2. The van der Waals surface area contributed by atoms with Crippen LogP contribution in [0.4, 0.5) is 0 Å². The summed E-state index contributed by atoms with van der Waals surface area (Å²) in [6.45, 7) is 1.90. The van der Waals surface area contributed by atoms with Crippen LogP contribution < -0.4 is 0 Å². The summed E-state index contributed by atoms with van der Waals surface area (Å²) in [5.74, 6) is -0.210. The number of hydrogen-bond acceptors (Lipinski definition) is 5. The van der Waals surface area contributed by atoms with Crippen molar-refractivity contribution < 1.29 is 4.79 Å². The van der Waals surface area contributed by atoms with Crippen molar-refractivity contribution in [2.45, 2.75) is 13.0 Å². The first-order chi connectivity index (χ1) is 11.2. The van der Waals surface area contributed by atoms with Crippen molar-refractivity contribution in [1.29, 1.82) is 0 Å². The molecule has 23 heavy (non-hydrogen) atoms. The molecule has 0 aliphatic carbocycles. The molecular weight excluding hydrogens is 292 g/mol. The number of benzene rings is 1. The van der Waals surface area contributed by atoms with E-state index in [9.17, 15) is 4.79 Å². The maximum atomic E-state index is 12.6. The first-order valence-electron chi connectivity index (χ1n) is 7.17. The Morgan fingerprint density at radius 1 is 1.22 bits per heavy atom. The molecule has 3 aromatic rings. The number of carbonyl (C=O) groups excluding carboxylic acids is 1. The molecule has 0 spiro atoms. The molecule has 0 saturated heterocycles. The molecule has 7 heteroatoms. The fraction of sp³-hybridized carbons (Fsp3) is 0.188. The Hall–Kier alpha value is -3.09. The van der Waals surface area contributed by atoms with Gasteiger partial charge in [0.15, 0.2) is 5.69 Å². The molecule has 1 aromatic carbocycles. The molecule has 1 atom stereocenters. The van der Waals surface area contributed by atoms with Gasteiger partial charge in [-0.05, 0) is 25.1 Å². The molecule has 0 unspecified atom stereocenters. The molecule has 7 nitrogen and oxygen atoms in total. The number of rotatable bonds is 4. The van der Waals surface area contributed by atoms with Gasteiger partial charge in [0, 0.05) is 13.2 Å². The Balaban J connectivity index is 1.79. The predicted octanol–water partition coefficient (Wildman–Crippen LogP) is 1.89. The number of aromatic nitrogens is 5. The van der Waals surface area contributed by atoms with E-state index in [2.05, 4.69) is 20.3 Å². The van der Waals surface area contributed by atoms with Crippen LogP contribution in [0.25, 0.3) is 5.69 Å². The molecule has 116 valence electrons. The molecule has 0 aliphatic heterocycles. The van der Waals surface area contributed by atoms with E-state index in [-0.39, 0.29) is 17.6 Å². The van der Waals surface area contributed by atoms with E-state index in [1.165, 1.54) is 6.33 Å². The first-order valence-corrected chi connectivity index (χ1v) is 7.17. The Kier molecular flexibility index (Phi) is 4.09. The highest BCUT2D eigenvalue weighted by Crippen LogP contribution is 2.17. The monoisotopic (exact) mass is 308 g/mol. The molecule has 0 aliphatic rings. The summed E-state index contributed by atoms with van der Waals surface area (Å²) in [7, 11) is 1.72. The van der Waals surface area contributed by atoms with Gasteiger partial charge in [-0.3, -0.25) is 4.79 Å². The fourth-order valence-electron chi connectivity index (χ4n) is 2.17. The third-order valence-corrected chi connectivity index (χ3v) is 3.67. The van der Waals surface area contributed by atoms with E-state index in [0.717, 1.165) is 11.4 Å². The summed E-state index contributed by atoms with van der Waals surface area (Å²) >= 11 is 0. The molecule has 0 fully saturated rings. The van der Waals surface area contributed by atoms with E-state index in [1.54, 1.807) is 35.1 Å². The number of nitrogens with zero attached hydrogens (tertiary/aromatic N) is 6. The average Bonchev–Trinajstić information content (AvgIpc) is 3.11. The molecule has 0 saturated carbocycles. The lowest BCUT2D eigenvalue weighted by Crippen LogP contribution is -2.30. The van der Waals surface area contributed by atoms with Crippen LogP contribution in [-0.2, 0) is 0 Å². The Morgan fingerprint density at radius 3 is 2.70 bits per heavy atom. The smallest absolute Gasteiger partial charge is 0.276 e. The SMILES string of the molecule is C[C@H](c1ccncn1)N(C)C(=O)c1cn(-c2ccccc2)nn1. The average molecular weight is 308 g/mol. The van der Waals surface area contributed by atoms with Crippen molar-refractivity contribution in [1.82, 2.24) is 29.9 Å². The van der Waals surface area contributed by atoms with Crippen molar-refractivity contribution in [3.8, 4) is 5.69 Å². The van der Waals surface area contributed by atoms with Gasteiger partial charge in [-0.1, -0.05) is 23.4 Å². The normalized spacial score (nSPS) is 11.9. The predicted molar refractivity (Wildman–Crippen MR) is 83.9 cm³/mol. The highest BCUT2D eigenvalue weighted by molar-refractivity contribution is 5.92. The van der Waals surface area contributed by atoms with Gasteiger partial charge in [-0.2, -0.15) is 0 Å². The van der Waals surface area contributed by atoms with Crippen LogP contribution in [-0.4, -0.2) is 42.8 Å². The summed E-state index contributed by atoms with van der Waals surface area (Å²) in [6.07, 6.45) is 4.75. The topological polar surface area (TPSA) is 76.8 Å². The van der Waals surface area contributed by atoms with Gasteiger partial charge in [-0.25, -0.2) is 14.6 Å². The van der Waals surface area contributed by atoms with Crippen LogP contribution in [0.2, 0.25) is 0 Å². The largest absolute Gasteiger partial charge is 0.332 e. The summed E-state index contributed by atoms with van der Waals surface area (Å²) in [6, 6.07) is 11.1. The first kappa shape index (κ1) is 14.8. The fourth-order valence-corrected chi connectivity index (χ4v) is 2.17. The van der Waals surface area contributed by atoms with E-state index in [0.29, 0.717) is 0 Å². The minimum absolute atomic E-state index is 0.188. The van der Waals surface area contributed by atoms with E-state index in [1.807, 2.05) is 37.3 Å². The van der Waals surface area contributed by atoms with Crippen molar-refractivity contribution in [3.05, 3.63) is 66.5 Å². The third-order valence-electron chi connectivity index (χ3n) is 3.67. The summed E-state index contributed by atoms with van der Waals surface area (Å²) in [5.41, 5.74) is 1.91. The number of amides is 1. The van der Waals surface area contributed by atoms with Crippen molar-refractivity contribution in [2.75, 3.05) is 7.05 Å². The molecule has 1 amide bonds.